The Balaban J connectivity index is 0.000000213. The summed E-state index contributed by atoms with van der Waals surface area (Å²) < 4.78 is 44.0. The third kappa shape index (κ3) is 4.68. The minimum atomic E-state index is -3.51. The Morgan fingerprint density at radius 3 is 2.29 bits per heavy atom. The van der Waals surface area contributed by atoms with E-state index in [0.717, 1.165) is 35.2 Å². The molecule has 7 rings (SSSR count). The van der Waals surface area contributed by atoms with Gasteiger partial charge in [0, 0.05) is 23.5 Å². The zero-order valence-electron chi connectivity index (χ0n) is 22.6. The topological polar surface area (TPSA) is 104 Å². The molecule has 0 saturated carbocycles. The minimum absolute atomic E-state index is 0.000203. The molecule has 0 radical (unpaired) electrons. The number of carbonyl (C=O) groups is 1. The smallest absolute Gasteiger partial charge is 0.296 e. The van der Waals surface area contributed by atoms with Crippen molar-refractivity contribution < 1.29 is 31.6 Å². The molecule has 3 aliphatic heterocycles. The highest BCUT2D eigenvalue weighted by Crippen LogP contribution is 2.54. The minimum Gasteiger partial charge on any atom is -0.491 e. The fraction of sp³-hybridized carbons (Fsp3) is 0.226. The lowest BCUT2D eigenvalue weighted by atomic mass is 9.77. The van der Waals surface area contributed by atoms with Gasteiger partial charge >= 0.3 is 0 Å². The van der Waals surface area contributed by atoms with E-state index in [1.165, 1.54) is 12.1 Å². The molecule has 10 heteroatoms. The summed E-state index contributed by atoms with van der Waals surface area (Å²) in [6.45, 7) is 3.58. The predicted octanol–water partition coefficient (Wildman–Crippen LogP) is 4.41. The van der Waals surface area contributed by atoms with E-state index in [1.54, 1.807) is 18.3 Å². The highest BCUT2D eigenvalue weighted by Gasteiger charge is 2.57. The number of para-hydroxylation sites is 1. The van der Waals surface area contributed by atoms with Gasteiger partial charge in [-0.2, -0.15) is 8.42 Å². The number of benzene rings is 3. The number of pyridine rings is 1. The second-order valence-corrected chi connectivity index (χ2v) is 11.6. The summed E-state index contributed by atoms with van der Waals surface area (Å²) in [6.07, 6.45) is 1.75. The third-order valence-electron chi connectivity index (χ3n) is 7.39. The predicted molar refractivity (Wildman–Crippen MR) is 151 cm³/mol. The van der Waals surface area contributed by atoms with E-state index in [-0.39, 0.29) is 17.4 Å². The van der Waals surface area contributed by atoms with Crippen LogP contribution in [-0.2, 0) is 31.1 Å². The Kier molecular flexibility index (Phi) is 6.88. The van der Waals surface area contributed by atoms with Crippen molar-refractivity contribution in [3.63, 3.8) is 0 Å². The van der Waals surface area contributed by atoms with Crippen LogP contribution in [0.2, 0.25) is 0 Å². The molecule has 4 aromatic rings. The molecule has 1 amide bonds. The number of aryl methyl sites for hydroxylation is 1. The van der Waals surface area contributed by atoms with Crippen LogP contribution in [0.3, 0.4) is 0 Å². The van der Waals surface area contributed by atoms with E-state index in [0.29, 0.717) is 37.0 Å². The van der Waals surface area contributed by atoms with Gasteiger partial charge in [0.15, 0.2) is 11.5 Å². The molecule has 0 N–H and O–H groups in total. The Morgan fingerprint density at radius 1 is 0.878 bits per heavy atom. The van der Waals surface area contributed by atoms with E-state index < -0.39 is 15.5 Å². The molecule has 1 spiro atoms. The van der Waals surface area contributed by atoms with Crippen LogP contribution < -0.4 is 19.1 Å². The van der Waals surface area contributed by atoms with Gasteiger partial charge in [-0.1, -0.05) is 42.0 Å². The lowest BCUT2D eigenvalue weighted by Crippen LogP contribution is -2.42. The van der Waals surface area contributed by atoms with E-state index in [9.17, 15) is 13.2 Å². The van der Waals surface area contributed by atoms with Crippen molar-refractivity contribution in [1.82, 2.24) is 4.98 Å². The lowest BCUT2D eigenvalue weighted by Gasteiger charge is -2.24. The van der Waals surface area contributed by atoms with Gasteiger partial charge in [0.1, 0.15) is 31.0 Å². The molecule has 3 aromatic carbocycles. The number of anilines is 1. The average molecular weight is 573 g/mol. The summed E-state index contributed by atoms with van der Waals surface area (Å²) in [4.78, 5) is 20.3. The first kappa shape index (κ1) is 26.8. The fourth-order valence-electron chi connectivity index (χ4n) is 5.32. The molecule has 1 atom stereocenters. The molecule has 3 aliphatic rings. The Bertz CT molecular complexity index is 1710. The molecule has 9 nitrogen and oxygen atoms in total. The summed E-state index contributed by atoms with van der Waals surface area (Å²) in [6, 6.07) is 23.9. The van der Waals surface area contributed by atoms with Crippen molar-refractivity contribution in [2.75, 3.05) is 31.8 Å². The molecule has 1 aromatic heterocycles. The summed E-state index contributed by atoms with van der Waals surface area (Å²) in [5, 5.41) is 0. The van der Waals surface area contributed by atoms with Crippen molar-refractivity contribution in [2.45, 2.75) is 23.8 Å². The second kappa shape index (κ2) is 10.5. The number of rotatable bonds is 4. The second-order valence-electron chi connectivity index (χ2n) is 9.85. The van der Waals surface area contributed by atoms with Crippen LogP contribution in [0.1, 0.15) is 22.4 Å². The van der Waals surface area contributed by atoms with Crippen LogP contribution in [0.25, 0.3) is 0 Å². The average Bonchev–Trinajstić information content (AvgIpc) is 3.49. The molecule has 210 valence electrons. The van der Waals surface area contributed by atoms with Crippen molar-refractivity contribution in [2.24, 2.45) is 0 Å². The monoisotopic (exact) mass is 572 g/mol. The molecule has 0 saturated heterocycles. The third-order valence-corrected chi connectivity index (χ3v) is 8.68. The quantitative estimate of drug-likeness (QED) is 0.332. The normalized spacial score (nSPS) is 18.3. The van der Waals surface area contributed by atoms with E-state index in [4.69, 9.17) is 14.2 Å². The Hall–Kier alpha value is -4.41. The van der Waals surface area contributed by atoms with Crippen molar-refractivity contribution in [3.05, 3.63) is 107 Å². The Labute approximate surface area is 238 Å². The number of aromatic nitrogens is 1. The molecule has 0 fully saturated rings. The van der Waals surface area contributed by atoms with Gasteiger partial charge < -0.3 is 19.1 Å². The van der Waals surface area contributed by atoms with E-state index >= 15 is 0 Å². The summed E-state index contributed by atoms with van der Waals surface area (Å²) >= 11 is 0. The highest BCUT2D eigenvalue weighted by molar-refractivity contribution is 7.86. The maximum absolute atomic E-state index is 13.9. The number of hydrogen-bond acceptors (Lipinski definition) is 8. The molecule has 41 heavy (non-hydrogen) atoms. The number of ether oxygens (including phenoxy) is 3. The zero-order valence-corrected chi connectivity index (χ0v) is 23.4. The van der Waals surface area contributed by atoms with Gasteiger partial charge in [-0.25, -0.2) is 0 Å². The van der Waals surface area contributed by atoms with Gasteiger partial charge in [0.05, 0.1) is 24.2 Å². The van der Waals surface area contributed by atoms with Gasteiger partial charge in [-0.3, -0.25) is 14.0 Å². The maximum atomic E-state index is 13.9. The first-order valence-electron chi connectivity index (χ1n) is 13.1. The lowest BCUT2D eigenvalue weighted by molar-refractivity contribution is -0.122. The number of fused-ring (bicyclic) bond motifs is 5. The molecule has 4 heterocycles. The van der Waals surface area contributed by atoms with Crippen LogP contribution in [0, 0.1) is 6.92 Å². The van der Waals surface area contributed by atoms with E-state index in [1.807, 2.05) is 66.4 Å². The van der Waals surface area contributed by atoms with Crippen LogP contribution >= 0.6 is 0 Å². The molecule has 1 unspecified atom stereocenters. The first-order valence-corrected chi connectivity index (χ1v) is 14.5. The zero-order chi connectivity index (χ0) is 28.6. The maximum Gasteiger partial charge on any atom is 0.296 e. The number of carbonyl (C=O) groups excluding carboxylic acids is 1. The van der Waals surface area contributed by atoms with Crippen molar-refractivity contribution in [3.8, 4) is 17.2 Å². The molecular weight excluding hydrogens is 544 g/mol. The van der Waals surface area contributed by atoms with Gasteiger partial charge in [0.25, 0.3) is 10.1 Å². The van der Waals surface area contributed by atoms with Gasteiger partial charge in [-0.05, 0) is 48.9 Å². The Morgan fingerprint density at radius 2 is 1.59 bits per heavy atom. The number of nitrogens with zero attached hydrogens (tertiary/aromatic N) is 2. The summed E-state index contributed by atoms with van der Waals surface area (Å²) in [5.74, 6) is 2.00. The SMILES string of the molecule is COS(=O)(=O)c1ccc(C)cc1.O=C1N(Cc2ccccn2)c2ccccc2C12COc1cc3c(cc12)OCCO3. The van der Waals surface area contributed by atoms with Crippen LogP contribution in [-0.4, -0.2) is 46.2 Å². The summed E-state index contributed by atoms with van der Waals surface area (Å²) in [7, 11) is -2.37. The standard InChI is InChI=1S/C23H18N2O4.C8H10O3S/c26-22-23(14-29-19-12-21-20(11-17(19)23)27-9-10-28-21)16-6-1-2-7-18(16)25(22)13-15-5-3-4-8-24-15;1-7-3-5-8(6-4-7)12(9,10)11-2/h1-8,11-12H,9-10,13-14H2;3-6H,1-2H3. The largest absolute Gasteiger partial charge is 0.491 e. The molecule has 0 aliphatic carbocycles. The van der Waals surface area contributed by atoms with Gasteiger partial charge in [0.2, 0.25) is 5.91 Å². The molecular formula is C31H28N2O7S. The van der Waals surface area contributed by atoms with Crippen LogP contribution in [0.5, 0.6) is 17.2 Å². The number of hydrogen-bond donors (Lipinski definition) is 0. The first-order chi connectivity index (χ1) is 19.8. The van der Waals surface area contributed by atoms with E-state index in [2.05, 4.69) is 9.17 Å². The van der Waals surface area contributed by atoms with Crippen LogP contribution in [0.15, 0.2) is 90.0 Å². The number of amides is 1. The fourth-order valence-corrected chi connectivity index (χ4v) is 5.99. The van der Waals surface area contributed by atoms with Gasteiger partial charge in [-0.15, -0.1) is 0 Å². The van der Waals surface area contributed by atoms with Crippen molar-refractivity contribution in [1.29, 1.82) is 0 Å². The molecule has 0 bridgehead atoms. The highest BCUT2D eigenvalue weighted by atomic mass is 32.2. The van der Waals surface area contributed by atoms with Crippen LogP contribution in [0.4, 0.5) is 5.69 Å². The summed E-state index contributed by atoms with van der Waals surface area (Å²) in [5.41, 5.74) is 3.67. The van der Waals surface area contributed by atoms with Crippen molar-refractivity contribution >= 4 is 21.7 Å².